The summed E-state index contributed by atoms with van der Waals surface area (Å²) in [5, 5.41) is 7.18. The van der Waals surface area contributed by atoms with Gasteiger partial charge in [-0.1, -0.05) is 65.2 Å². The molecule has 0 radical (unpaired) electrons. The molecule has 0 amide bonds. The van der Waals surface area contributed by atoms with Crippen LogP contribution in [-0.2, 0) is 9.59 Å². The van der Waals surface area contributed by atoms with E-state index < -0.39 is 0 Å². The van der Waals surface area contributed by atoms with Crippen LogP contribution >= 0.6 is 0 Å². The van der Waals surface area contributed by atoms with Crippen molar-refractivity contribution < 1.29 is 9.59 Å². The van der Waals surface area contributed by atoms with Gasteiger partial charge in [0, 0.05) is 37.8 Å². The Hall–Kier alpha value is -0.820. The summed E-state index contributed by atoms with van der Waals surface area (Å²) < 4.78 is 0. The molecular weight excluding hydrogens is 544 g/mol. The second-order valence-corrected chi connectivity index (χ2v) is 14.2. The maximum absolute atomic E-state index is 12.7. The molecule has 2 fully saturated rings. The fourth-order valence-electron chi connectivity index (χ4n) is 7.18. The summed E-state index contributed by atoms with van der Waals surface area (Å²) in [5.41, 5.74) is 0. The van der Waals surface area contributed by atoms with Gasteiger partial charge in [-0.05, 0) is 129 Å². The fraction of sp³-hybridized carbons (Fsp3) is 0.947. The van der Waals surface area contributed by atoms with Gasteiger partial charge in [-0.2, -0.15) is 0 Å². The number of piperidine rings is 2. The van der Waals surface area contributed by atoms with Crippen molar-refractivity contribution in [3.05, 3.63) is 0 Å². The molecule has 2 aliphatic heterocycles. The first-order valence-electron chi connectivity index (χ1n) is 19.6. The Morgan fingerprint density at radius 3 is 1.32 bits per heavy atom. The van der Waals surface area contributed by atoms with Gasteiger partial charge in [-0.25, -0.2) is 0 Å². The fourth-order valence-corrected chi connectivity index (χ4v) is 7.18. The molecule has 258 valence electrons. The Morgan fingerprint density at radius 2 is 0.909 bits per heavy atom. The number of nitrogens with one attached hydrogen (secondary N) is 2. The number of hydrogen-bond donors (Lipinski definition) is 2. The summed E-state index contributed by atoms with van der Waals surface area (Å²) in [6.07, 6.45) is 26.1. The topological polar surface area (TPSA) is 64.7 Å². The first-order chi connectivity index (χ1) is 21.6. The number of nitrogens with zero attached hydrogens (tertiary/aromatic N) is 2. The number of hydrogen-bond acceptors (Lipinski definition) is 6. The molecule has 0 saturated carbocycles. The minimum absolute atomic E-state index is 0.296. The van der Waals surface area contributed by atoms with Crippen molar-refractivity contribution in [2.45, 2.75) is 155 Å². The minimum atomic E-state index is 0.296. The lowest BCUT2D eigenvalue weighted by Crippen LogP contribution is -2.39. The van der Waals surface area contributed by atoms with Gasteiger partial charge in [0.05, 0.1) is 0 Å². The summed E-state index contributed by atoms with van der Waals surface area (Å²) in [4.78, 5) is 30.5. The van der Waals surface area contributed by atoms with Crippen LogP contribution in [-0.4, -0.2) is 86.8 Å². The molecule has 2 unspecified atom stereocenters. The van der Waals surface area contributed by atoms with Crippen molar-refractivity contribution in [2.24, 2.45) is 11.8 Å². The second kappa shape index (κ2) is 27.3. The Kier molecular flexibility index (Phi) is 24.4. The number of carbonyl (C=O) groups excluding carboxylic acids is 2. The van der Waals surface area contributed by atoms with Crippen molar-refractivity contribution in [3.8, 4) is 0 Å². The molecule has 0 aromatic rings. The molecule has 0 bridgehead atoms. The van der Waals surface area contributed by atoms with Crippen LogP contribution < -0.4 is 10.6 Å². The highest BCUT2D eigenvalue weighted by atomic mass is 16.1. The molecule has 0 aliphatic carbocycles. The molecule has 2 N–H and O–H groups in total. The lowest BCUT2D eigenvalue weighted by Gasteiger charge is -2.32. The largest absolute Gasteiger partial charge is 0.317 e. The van der Waals surface area contributed by atoms with E-state index >= 15 is 0 Å². The highest BCUT2D eigenvalue weighted by Crippen LogP contribution is 2.21. The van der Waals surface area contributed by atoms with Crippen molar-refractivity contribution in [2.75, 3.05) is 65.4 Å². The molecule has 0 aromatic carbocycles. The van der Waals surface area contributed by atoms with Crippen LogP contribution in [0.3, 0.4) is 0 Å². The molecule has 2 rings (SSSR count). The van der Waals surface area contributed by atoms with E-state index in [1.807, 2.05) is 0 Å². The SMILES string of the molecule is CCCCCCN1CCCC(C(=O)CCCCNCCCCCCNCCCCC(=O)C2CCCN(CCCCCC)C2)C1. The molecule has 6 heteroatoms. The minimum Gasteiger partial charge on any atom is -0.317 e. The predicted molar refractivity (Wildman–Crippen MR) is 189 cm³/mol. The maximum atomic E-state index is 12.7. The standard InChI is InChI=1S/C38H74N4O2/c1-3-5-7-17-29-41-31-19-21-35(33-41)37(43)23-11-15-27-39-25-13-9-10-14-26-40-28-16-12-24-38(44)36-22-20-32-42(34-36)30-18-8-6-4-2/h35-36,39-40H,3-34H2,1-2H3. The number of likely N-dealkylation sites (tertiary alicyclic amines) is 2. The van der Waals surface area contributed by atoms with Crippen molar-refractivity contribution in [1.82, 2.24) is 20.4 Å². The van der Waals surface area contributed by atoms with E-state index in [9.17, 15) is 9.59 Å². The summed E-state index contributed by atoms with van der Waals surface area (Å²) >= 11 is 0. The molecule has 6 nitrogen and oxygen atoms in total. The van der Waals surface area contributed by atoms with Crippen molar-refractivity contribution >= 4 is 11.6 Å². The smallest absolute Gasteiger partial charge is 0.137 e. The summed E-state index contributed by atoms with van der Waals surface area (Å²) in [5.74, 6) is 1.63. The lowest BCUT2D eigenvalue weighted by atomic mass is 9.91. The van der Waals surface area contributed by atoms with E-state index in [2.05, 4.69) is 34.3 Å². The molecule has 0 aromatic heterocycles. The van der Waals surface area contributed by atoms with Gasteiger partial charge in [0.25, 0.3) is 0 Å². The maximum Gasteiger partial charge on any atom is 0.137 e. The molecule has 44 heavy (non-hydrogen) atoms. The third-order valence-electron chi connectivity index (χ3n) is 10.1. The Bertz CT molecular complexity index is 644. The van der Waals surface area contributed by atoms with Crippen LogP contribution in [0.4, 0.5) is 0 Å². The van der Waals surface area contributed by atoms with Crippen LogP contribution in [0.25, 0.3) is 0 Å². The monoisotopic (exact) mass is 619 g/mol. The van der Waals surface area contributed by atoms with Gasteiger partial charge in [0.15, 0.2) is 0 Å². The highest BCUT2D eigenvalue weighted by molar-refractivity contribution is 5.81. The van der Waals surface area contributed by atoms with Gasteiger partial charge in [-0.3, -0.25) is 9.59 Å². The molecular formula is C38H74N4O2. The average molecular weight is 619 g/mol. The average Bonchev–Trinajstić information content (AvgIpc) is 3.05. The first kappa shape index (κ1) is 39.4. The molecule has 0 spiro atoms. The zero-order chi connectivity index (χ0) is 31.5. The lowest BCUT2D eigenvalue weighted by molar-refractivity contribution is -0.125. The van der Waals surface area contributed by atoms with E-state index in [-0.39, 0.29) is 0 Å². The predicted octanol–water partition coefficient (Wildman–Crippen LogP) is 7.79. The van der Waals surface area contributed by atoms with Gasteiger partial charge in [0.2, 0.25) is 0 Å². The quantitative estimate of drug-likeness (QED) is 0.0835. The Balaban J connectivity index is 1.31. The molecule has 2 atom stereocenters. The van der Waals surface area contributed by atoms with E-state index in [4.69, 9.17) is 0 Å². The normalized spacial score (nSPS) is 19.9. The van der Waals surface area contributed by atoms with E-state index in [1.165, 1.54) is 116 Å². The third kappa shape index (κ3) is 19.6. The van der Waals surface area contributed by atoms with Crippen molar-refractivity contribution in [3.63, 3.8) is 0 Å². The van der Waals surface area contributed by atoms with Crippen molar-refractivity contribution in [1.29, 1.82) is 0 Å². The molecule has 2 saturated heterocycles. The highest BCUT2D eigenvalue weighted by Gasteiger charge is 2.25. The molecule has 2 aliphatic rings. The summed E-state index contributed by atoms with van der Waals surface area (Å²) in [6, 6.07) is 0. The van der Waals surface area contributed by atoms with Crippen LogP contribution in [0.5, 0.6) is 0 Å². The number of rotatable bonds is 29. The van der Waals surface area contributed by atoms with E-state index in [0.717, 1.165) is 90.6 Å². The van der Waals surface area contributed by atoms with Crippen LogP contribution in [0.2, 0.25) is 0 Å². The zero-order valence-electron chi connectivity index (χ0n) is 29.5. The molecule has 2 heterocycles. The van der Waals surface area contributed by atoms with Gasteiger partial charge < -0.3 is 20.4 Å². The first-order valence-corrected chi connectivity index (χ1v) is 19.6. The van der Waals surface area contributed by atoms with Crippen LogP contribution in [0, 0.1) is 11.8 Å². The van der Waals surface area contributed by atoms with Gasteiger partial charge in [-0.15, -0.1) is 0 Å². The summed E-state index contributed by atoms with van der Waals surface area (Å²) in [7, 11) is 0. The summed E-state index contributed by atoms with van der Waals surface area (Å²) in [6.45, 7) is 15.6. The van der Waals surface area contributed by atoms with E-state index in [1.54, 1.807) is 0 Å². The number of carbonyl (C=O) groups is 2. The third-order valence-corrected chi connectivity index (χ3v) is 10.1. The Labute approximate surface area is 273 Å². The number of unbranched alkanes of at least 4 members (excludes halogenated alkanes) is 11. The Morgan fingerprint density at radius 1 is 0.523 bits per heavy atom. The van der Waals surface area contributed by atoms with Gasteiger partial charge in [0.1, 0.15) is 11.6 Å². The zero-order valence-corrected chi connectivity index (χ0v) is 29.5. The van der Waals surface area contributed by atoms with Crippen LogP contribution in [0.15, 0.2) is 0 Å². The van der Waals surface area contributed by atoms with Gasteiger partial charge >= 0.3 is 0 Å². The number of Topliss-reactive ketones (excluding diaryl/α,β-unsaturated/α-hetero) is 2. The van der Waals surface area contributed by atoms with E-state index in [0.29, 0.717) is 23.4 Å². The number of ketones is 2. The van der Waals surface area contributed by atoms with Crippen LogP contribution in [0.1, 0.15) is 155 Å². The second-order valence-electron chi connectivity index (χ2n) is 14.2.